The molecule has 0 bridgehead atoms. The minimum Gasteiger partial charge on any atom is -0.566 e. The molecule has 1 rings (SSSR count). The summed E-state index contributed by atoms with van der Waals surface area (Å²) in [6.07, 6.45) is -1.70. The Morgan fingerprint density at radius 2 is 0.814 bits per heavy atom. The van der Waals surface area contributed by atoms with Crippen LogP contribution >= 0.6 is 24.1 Å². The number of hydrogen-bond donors (Lipinski definition) is 0. The second-order valence-corrected chi connectivity index (χ2v) is 18.2. The number of esters is 3. The minimum absolute atomic E-state index is 0. The topological polar surface area (TPSA) is 317 Å². The summed E-state index contributed by atoms with van der Waals surface area (Å²) in [7, 11) is -4.03. The standard InChI is InChI=1S/C35H65N6O15P.2C2H5O3P.CH4/c1-14-24(5)36(11)54-26(7)30(42)49-21-18-39-33(45)40(19-22-50-31(43)27(8)55-37(12)25(6)15-2)35(47)41(34(39)46)20-23-51-32(44)28(9)56-38(13)29(10)57(48,52-16-3)53-17-4;2*1-2-5-6(3)4;/h24-29H,14-23H2,1-13H3;2*2H2,1H3;1H4. The van der Waals surface area contributed by atoms with Gasteiger partial charge in [-0.15, -0.1) is 9.05 Å². The summed E-state index contributed by atoms with van der Waals surface area (Å²) in [5.74, 6) is -3.29. The van der Waals surface area contributed by atoms with Crippen LogP contribution in [0.3, 0.4) is 0 Å². The minimum atomic E-state index is -3.62. The van der Waals surface area contributed by atoms with Crippen LogP contribution < -0.4 is 26.9 Å². The molecule has 0 aliphatic heterocycles. The SMILES string of the molecule is C.CCOP(=O)(OCC)C(C)N(C)OC(C)C(=O)OCCn1c(=O)n(CCOC(=O)C(C)ON(C)C(C)CC)c(=O)n(CCOC(=O)C(C)ON(C)C(C)CC)c1=O.CCO[P+](=O)[O-].CCO[P+](=O)[O-]. The fraction of sp³-hybridized carbons (Fsp3) is 0.850. The Morgan fingerprint density at radius 3 is 1.03 bits per heavy atom. The van der Waals surface area contributed by atoms with Gasteiger partial charge in [-0.1, -0.05) is 21.3 Å². The van der Waals surface area contributed by atoms with Crippen molar-refractivity contribution in [3.8, 4) is 0 Å². The van der Waals surface area contributed by atoms with Crippen molar-refractivity contribution in [1.29, 1.82) is 0 Å². The highest BCUT2D eigenvalue weighted by atomic mass is 31.2. The lowest BCUT2D eigenvalue weighted by Crippen LogP contribution is -2.55. The van der Waals surface area contributed by atoms with Crippen LogP contribution in [-0.4, -0.2) is 150 Å². The number of carbonyl (C=O) groups excluding carboxylic acids is 3. The predicted molar refractivity (Wildman–Crippen MR) is 252 cm³/mol. The average Bonchev–Trinajstić information content (AvgIpc) is 3.28. The van der Waals surface area contributed by atoms with Crippen LogP contribution in [0, 0.1) is 0 Å². The molecule has 0 aliphatic rings. The first-order chi connectivity index (χ1) is 32.2. The molecule has 1 aromatic rings. The second-order valence-electron chi connectivity index (χ2n) is 14.5. The van der Waals surface area contributed by atoms with Crippen LogP contribution in [0.2, 0.25) is 0 Å². The molecule has 8 atom stereocenters. The number of nitrogens with zero attached hydrogens (tertiary/aromatic N) is 6. The number of rotatable bonds is 32. The maximum atomic E-state index is 13.5. The van der Waals surface area contributed by atoms with E-state index in [0.717, 1.165) is 17.9 Å². The lowest BCUT2D eigenvalue weighted by Gasteiger charge is -2.31. The summed E-state index contributed by atoms with van der Waals surface area (Å²) in [6.45, 7) is 18.1. The van der Waals surface area contributed by atoms with Gasteiger partial charge in [0.1, 0.15) is 25.6 Å². The van der Waals surface area contributed by atoms with Crippen molar-refractivity contribution in [3.05, 3.63) is 31.5 Å². The quantitative estimate of drug-likeness (QED) is 0.0433. The van der Waals surface area contributed by atoms with Crippen LogP contribution in [-0.2, 0) is 94.5 Å². The normalized spacial score (nSPS) is 14.4. The molecule has 70 heavy (non-hydrogen) atoms. The van der Waals surface area contributed by atoms with Crippen molar-refractivity contribution in [1.82, 2.24) is 28.9 Å². The van der Waals surface area contributed by atoms with Crippen LogP contribution in [0.4, 0.5) is 0 Å². The van der Waals surface area contributed by atoms with E-state index in [1.807, 2.05) is 27.7 Å². The number of ether oxygens (including phenoxy) is 3. The first kappa shape index (κ1) is 71.0. The maximum Gasteiger partial charge on any atom is 0.488 e. The number of hydroxylamine groups is 6. The van der Waals surface area contributed by atoms with Gasteiger partial charge in [0.25, 0.3) is 0 Å². The molecule has 0 fully saturated rings. The maximum absolute atomic E-state index is 13.5. The summed E-state index contributed by atoms with van der Waals surface area (Å²) < 4.78 is 68.5. The third kappa shape index (κ3) is 27.0. The van der Waals surface area contributed by atoms with E-state index in [2.05, 4.69) is 9.05 Å². The van der Waals surface area contributed by atoms with Gasteiger partial charge >= 0.3 is 59.1 Å². The zero-order valence-corrected chi connectivity index (χ0v) is 45.2. The Balaban J connectivity index is -0.00000304. The first-order valence-corrected chi connectivity index (χ1v) is 26.1. The summed E-state index contributed by atoms with van der Waals surface area (Å²) in [6, 6.07) is 0.0391. The highest BCUT2D eigenvalue weighted by Gasteiger charge is 2.37. The molecule has 410 valence electrons. The third-order valence-electron chi connectivity index (χ3n) is 9.53. The molecule has 0 aromatic carbocycles. The fourth-order valence-corrected chi connectivity index (χ4v) is 7.13. The van der Waals surface area contributed by atoms with Crippen molar-refractivity contribution in [2.45, 2.75) is 159 Å². The molecule has 0 saturated heterocycles. The molecule has 0 aliphatic carbocycles. The monoisotopic (exact) mass is 1070 g/mol. The fourth-order valence-electron chi connectivity index (χ4n) is 5.03. The van der Waals surface area contributed by atoms with Gasteiger partial charge in [0.2, 0.25) is 0 Å². The Morgan fingerprint density at radius 1 is 0.543 bits per heavy atom. The van der Waals surface area contributed by atoms with Gasteiger partial charge in [-0.2, -0.15) is 15.2 Å². The third-order valence-corrected chi connectivity index (χ3v) is 12.9. The molecule has 30 heteroatoms. The largest absolute Gasteiger partial charge is 0.566 e. The highest BCUT2D eigenvalue weighted by molar-refractivity contribution is 7.54. The molecular weight excluding hydrogens is 993 g/mol. The Bertz CT molecular complexity index is 1830. The van der Waals surface area contributed by atoms with Crippen LogP contribution in [0.1, 0.15) is 103 Å². The van der Waals surface area contributed by atoms with E-state index in [0.29, 0.717) is 13.7 Å². The Kier molecular flexibility index (Phi) is 39.0. The summed E-state index contributed by atoms with van der Waals surface area (Å²) >= 11 is 0. The van der Waals surface area contributed by atoms with Crippen molar-refractivity contribution >= 4 is 42.0 Å². The Hall–Kier alpha value is -3.23. The van der Waals surface area contributed by atoms with Gasteiger partial charge in [-0.3, -0.25) is 19.1 Å². The Labute approximate surface area is 412 Å². The number of hydrogen-bond acceptors (Lipinski definition) is 24. The molecule has 0 amide bonds. The summed E-state index contributed by atoms with van der Waals surface area (Å²) in [5.41, 5.74) is -3.19. The molecule has 8 unspecified atom stereocenters. The molecular formula is C40H79N6O21P3. The van der Waals surface area contributed by atoms with Gasteiger partial charge in [0.05, 0.1) is 46.1 Å². The smallest absolute Gasteiger partial charge is 0.488 e. The van der Waals surface area contributed by atoms with Crippen molar-refractivity contribution in [2.24, 2.45) is 0 Å². The first-order valence-electron chi connectivity index (χ1n) is 22.3. The van der Waals surface area contributed by atoms with Gasteiger partial charge in [-0.25, -0.2) is 42.5 Å². The van der Waals surface area contributed by atoms with Crippen molar-refractivity contribution in [2.75, 3.05) is 67.4 Å². The van der Waals surface area contributed by atoms with Gasteiger partial charge in [0, 0.05) is 33.2 Å². The molecule has 0 spiro atoms. The second kappa shape index (κ2) is 38.4. The molecule has 1 aromatic heterocycles. The van der Waals surface area contributed by atoms with Crippen molar-refractivity contribution < 1.29 is 84.7 Å². The highest BCUT2D eigenvalue weighted by Crippen LogP contribution is 2.53. The van der Waals surface area contributed by atoms with Crippen LogP contribution in [0.15, 0.2) is 14.4 Å². The van der Waals surface area contributed by atoms with Gasteiger partial charge in [-0.05, 0) is 91.2 Å². The zero-order valence-electron chi connectivity index (χ0n) is 42.5. The van der Waals surface area contributed by atoms with E-state index in [4.69, 9.17) is 37.8 Å². The summed E-state index contributed by atoms with van der Waals surface area (Å²) in [5, 5.41) is 4.21. The van der Waals surface area contributed by atoms with E-state index >= 15 is 0 Å². The van der Waals surface area contributed by atoms with E-state index < -0.39 is 123 Å². The van der Waals surface area contributed by atoms with Crippen LogP contribution in [0.5, 0.6) is 0 Å². The lowest BCUT2D eigenvalue weighted by atomic mass is 10.3. The molecule has 1 heterocycles. The van der Waals surface area contributed by atoms with Crippen LogP contribution in [0.25, 0.3) is 0 Å². The lowest BCUT2D eigenvalue weighted by molar-refractivity contribution is -0.212. The number of carbonyl (C=O) groups is 3. The summed E-state index contributed by atoms with van der Waals surface area (Å²) in [4.78, 5) is 114. The predicted octanol–water partition coefficient (Wildman–Crippen LogP) is 2.48. The van der Waals surface area contributed by atoms with Gasteiger partial charge in [0.15, 0.2) is 18.3 Å². The van der Waals surface area contributed by atoms with E-state index in [1.54, 1.807) is 48.7 Å². The number of aromatic nitrogens is 3. The molecule has 27 nitrogen and oxygen atoms in total. The van der Waals surface area contributed by atoms with E-state index in [1.165, 1.54) is 37.9 Å². The molecule has 0 radical (unpaired) electrons. The van der Waals surface area contributed by atoms with E-state index in [9.17, 15) is 52.2 Å². The molecule has 0 saturated carbocycles. The van der Waals surface area contributed by atoms with Crippen molar-refractivity contribution in [3.63, 3.8) is 0 Å². The van der Waals surface area contributed by atoms with E-state index in [-0.39, 0.29) is 45.9 Å². The zero-order chi connectivity index (χ0) is 53.6. The van der Waals surface area contributed by atoms with Gasteiger partial charge < -0.3 is 33.0 Å². The average molecular weight is 1070 g/mol. The molecule has 0 N–H and O–H groups in total.